The Kier molecular flexibility index (Phi) is 7.56. The number of rotatable bonds is 8. The maximum Gasteiger partial charge on any atom is 0.251 e. The van der Waals surface area contributed by atoms with E-state index in [1.165, 1.54) is 0 Å². The zero-order chi connectivity index (χ0) is 20.5. The predicted molar refractivity (Wildman–Crippen MR) is 111 cm³/mol. The molecular weight excluding hydrogens is 356 g/mol. The van der Waals surface area contributed by atoms with Crippen molar-refractivity contribution in [2.45, 2.75) is 26.8 Å². The van der Waals surface area contributed by atoms with Gasteiger partial charge in [0, 0.05) is 35.1 Å². The summed E-state index contributed by atoms with van der Waals surface area (Å²) in [6.07, 6.45) is 0. The van der Waals surface area contributed by atoms with Crippen molar-refractivity contribution in [3.8, 4) is 0 Å². The van der Waals surface area contributed by atoms with Crippen molar-refractivity contribution in [3.63, 3.8) is 0 Å². The zero-order valence-electron chi connectivity index (χ0n) is 16.3. The molecule has 0 aliphatic carbocycles. The molecule has 148 valence electrons. The van der Waals surface area contributed by atoms with E-state index in [1.54, 1.807) is 48.5 Å². The Morgan fingerprint density at radius 2 is 1.61 bits per heavy atom. The fourth-order valence-corrected chi connectivity index (χ4v) is 2.47. The van der Waals surface area contributed by atoms with Crippen LogP contribution in [0, 0.1) is 0 Å². The number of nitrogens with one attached hydrogen (secondary N) is 4. The molecule has 0 aliphatic rings. The minimum atomic E-state index is -0.241. The molecule has 28 heavy (non-hydrogen) atoms. The second kappa shape index (κ2) is 10.1. The molecule has 2 aromatic carbocycles. The van der Waals surface area contributed by atoms with Gasteiger partial charge in [-0.05, 0) is 63.2 Å². The first-order valence-electron chi connectivity index (χ1n) is 9.22. The molecule has 0 unspecified atom stereocenters. The number of anilines is 2. The van der Waals surface area contributed by atoms with Gasteiger partial charge in [0.25, 0.3) is 11.8 Å². The van der Waals surface area contributed by atoms with Crippen molar-refractivity contribution in [3.05, 3.63) is 59.7 Å². The Labute approximate surface area is 164 Å². The molecule has 0 radical (unpaired) electrons. The highest BCUT2D eigenvalue weighted by molar-refractivity contribution is 5.98. The van der Waals surface area contributed by atoms with Crippen LogP contribution in [0.15, 0.2) is 48.5 Å². The minimum Gasteiger partial charge on any atom is -0.376 e. The molecule has 0 saturated carbocycles. The molecule has 2 aromatic rings. The third-order valence-electron chi connectivity index (χ3n) is 3.77. The molecule has 0 aromatic heterocycles. The Morgan fingerprint density at radius 1 is 0.893 bits per heavy atom. The van der Waals surface area contributed by atoms with Crippen molar-refractivity contribution < 1.29 is 14.4 Å². The lowest BCUT2D eigenvalue weighted by Gasteiger charge is -2.11. The van der Waals surface area contributed by atoms with Gasteiger partial charge in [-0.1, -0.05) is 6.07 Å². The van der Waals surface area contributed by atoms with E-state index in [9.17, 15) is 14.4 Å². The smallest absolute Gasteiger partial charge is 0.251 e. The molecule has 0 fully saturated rings. The Morgan fingerprint density at radius 3 is 2.25 bits per heavy atom. The first kappa shape index (κ1) is 21.0. The van der Waals surface area contributed by atoms with Crippen molar-refractivity contribution in [1.29, 1.82) is 0 Å². The molecule has 0 spiro atoms. The first-order chi connectivity index (χ1) is 13.4. The average molecular weight is 382 g/mol. The van der Waals surface area contributed by atoms with Crippen molar-refractivity contribution in [2.75, 3.05) is 23.7 Å². The highest BCUT2D eigenvalue weighted by Gasteiger charge is 2.09. The predicted octanol–water partition coefficient (Wildman–Crippen LogP) is 2.63. The van der Waals surface area contributed by atoms with Crippen molar-refractivity contribution >= 4 is 29.1 Å². The summed E-state index contributed by atoms with van der Waals surface area (Å²) < 4.78 is 0. The normalized spacial score (nSPS) is 10.3. The van der Waals surface area contributed by atoms with Crippen LogP contribution in [0.25, 0.3) is 0 Å². The fourth-order valence-electron chi connectivity index (χ4n) is 2.47. The summed E-state index contributed by atoms with van der Waals surface area (Å²) in [5.41, 5.74) is 2.33. The number of benzene rings is 2. The van der Waals surface area contributed by atoms with Crippen LogP contribution in [-0.2, 0) is 4.79 Å². The van der Waals surface area contributed by atoms with Gasteiger partial charge in [-0.3, -0.25) is 14.4 Å². The molecule has 0 aliphatic heterocycles. The SMILES string of the molecule is CCNC(=O)c1ccc(NCC(=O)Nc2cccc(C(=O)NC(C)C)c2)cc1. The van der Waals surface area contributed by atoms with E-state index in [0.717, 1.165) is 5.69 Å². The molecule has 0 bridgehead atoms. The summed E-state index contributed by atoms with van der Waals surface area (Å²) in [7, 11) is 0. The van der Waals surface area contributed by atoms with E-state index in [-0.39, 0.29) is 30.3 Å². The second-order valence-electron chi connectivity index (χ2n) is 6.55. The van der Waals surface area contributed by atoms with E-state index in [0.29, 0.717) is 23.4 Å². The summed E-state index contributed by atoms with van der Waals surface area (Å²) in [5.74, 6) is -0.557. The van der Waals surface area contributed by atoms with E-state index in [2.05, 4.69) is 21.3 Å². The van der Waals surface area contributed by atoms with Crippen LogP contribution in [0.2, 0.25) is 0 Å². The van der Waals surface area contributed by atoms with Gasteiger partial charge < -0.3 is 21.3 Å². The van der Waals surface area contributed by atoms with Gasteiger partial charge in [0.1, 0.15) is 0 Å². The van der Waals surface area contributed by atoms with Gasteiger partial charge in [-0.15, -0.1) is 0 Å². The third kappa shape index (κ3) is 6.42. The molecule has 4 N–H and O–H groups in total. The monoisotopic (exact) mass is 382 g/mol. The largest absolute Gasteiger partial charge is 0.376 e. The van der Waals surface area contributed by atoms with Gasteiger partial charge in [-0.2, -0.15) is 0 Å². The van der Waals surface area contributed by atoms with E-state index in [1.807, 2.05) is 20.8 Å². The number of hydrogen-bond donors (Lipinski definition) is 4. The Hall–Kier alpha value is -3.35. The van der Waals surface area contributed by atoms with Crippen LogP contribution in [-0.4, -0.2) is 36.9 Å². The standard InChI is InChI=1S/C21H26N4O3/c1-4-22-20(27)15-8-10-17(11-9-15)23-13-19(26)25-18-7-5-6-16(12-18)21(28)24-14(2)3/h5-12,14,23H,4,13H2,1-3H3,(H,22,27)(H,24,28)(H,25,26). The molecular formula is C21H26N4O3. The molecule has 3 amide bonds. The Bertz CT molecular complexity index is 832. The Balaban J connectivity index is 1.89. The highest BCUT2D eigenvalue weighted by Crippen LogP contribution is 2.12. The summed E-state index contributed by atoms with van der Waals surface area (Å²) >= 11 is 0. The average Bonchev–Trinajstić information content (AvgIpc) is 2.66. The van der Waals surface area contributed by atoms with E-state index < -0.39 is 0 Å². The quantitative estimate of drug-likeness (QED) is 0.564. The van der Waals surface area contributed by atoms with Crippen LogP contribution in [0.3, 0.4) is 0 Å². The van der Waals surface area contributed by atoms with Gasteiger partial charge in [0.2, 0.25) is 5.91 Å². The zero-order valence-corrected chi connectivity index (χ0v) is 16.3. The van der Waals surface area contributed by atoms with Crippen molar-refractivity contribution in [2.24, 2.45) is 0 Å². The molecule has 7 nitrogen and oxygen atoms in total. The molecule has 0 heterocycles. The second-order valence-corrected chi connectivity index (χ2v) is 6.55. The molecule has 7 heteroatoms. The number of carbonyl (C=O) groups is 3. The first-order valence-corrected chi connectivity index (χ1v) is 9.22. The van der Waals surface area contributed by atoms with Gasteiger partial charge >= 0.3 is 0 Å². The summed E-state index contributed by atoms with van der Waals surface area (Å²) in [4.78, 5) is 36.0. The minimum absolute atomic E-state index is 0.0365. The molecule has 0 atom stereocenters. The van der Waals surface area contributed by atoms with Gasteiger partial charge in [-0.25, -0.2) is 0 Å². The maximum atomic E-state index is 12.2. The molecule has 0 saturated heterocycles. The summed E-state index contributed by atoms with van der Waals surface area (Å²) in [6, 6.07) is 13.7. The lowest BCUT2D eigenvalue weighted by molar-refractivity contribution is -0.114. The maximum absolute atomic E-state index is 12.2. The number of amides is 3. The summed E-state index contributed by atoms with van der Waals surface area (Å²) in [5, 5.41) is 11.3. The number of carbonyl (C=O) groups excluding carboxylic acids is 3. The fraction of sp³-hybridized carbons (Fsp3) is 0.286. The van der Waals surface area contributed by atoms with Crippen molar-refractivity contribution in [1.82, 2.24) is 10.6 Å². The van der Waals surface area contributed by atoms with Crippen LogP contribution in [0.4, 0.5) is 11.4 Å². The number of hydrogen-bond acceptors (Lipinski definition) is 4. The van der Waals surface area contributed by atoms with Gasteiger partial charge in [0.05, 0.1) is 6.54 Å². The summed E-state index contributed by atoms with van der Waals surface area (Å²) in [6.45, 7) is 6.26. The highest BCUT2D eigenvalue weighted by atomic mass is 16.2. The lowest BCUT2D eigenvalue weighted by Crippen LogP contribution is -2.30. The van der Waals surface area contributed by atoms with E-state index in [4.69, 9.17) is 0 Å². The lowest BCUT2D eigenvalue weighted by atomic mass is 10.1. The van der Waals surface area contributed by atoms with E-state index >= 15 is 0 Å². The van der Waals surface area contributed by atoms with Gasteiger partial charge in [0.15, 0.2) is 0 Å². The topological polar surface area (TPSA) is 99.3 Å². The van der Waals surface area contributed by atoms with Crippen LogP contribution in [0.5, 0.6) is 0 Å². The molecule has 2 rings (SSSR count). The van der Waals surface area contributed by atoms with Crippen LogP contribution < -0.4 is 21.3 Å². The van der Waals surface area contributed by atoms with Crippen LogP contribution >= 0.6 is 0 Å². The third-order valence-corrected chi connectivity index (χ3v) is 3.77. The van der Waals surface area contributed by atoms with Crippen LogP contribution in [0.1, 0.15) is 41.5 Å².